The van der Waals surface area contributed by atoms with Crippen molar-refractivity contribution in [3.63, 3.8) is 0 Å². The molecule has 2 fully saturated rings. The lowest BCUT2D eigenvalue weighted by atomic mass is 9.94. The number of benzene rings is 3. The number of pyridine rings is 2. The van der Waals surface area contributed by atoms with E-state index in [4.69, 9.17) is 26.6 Å². The highest BCUT2D eigenvalue weighted by Gasteiger charge is 2.51. The molecule has 7 aromatic rings. The van der Waals surface area contributed by atoms with Gasteiger partial charge in [0.25, 0.3) is 5.91 Å². The summed E-state index contributed by atoms with van der Waals surface area (Å²) in [7, 11) is 3.98. The second kappa shape index (κ2) is 15.7. The monoisotopic (exact) mass is 903 g/mol. The Labute approximate surface area is 394 Å². The maximum atomic E-state index is 13.5. The van der Waals surface area contributed by atoms with Gasteiger partial charge in [0, 0.05) is 80.3 Å². The second-order valence-corrected chi connectivity index (χ2v) is 19.3. The van der Waals surface area contributed by atoms with Crippen molar-refractivity contribution in [3.8, 4) is 22.5 Å². The maximum Gasteiger partial charge on any atom is 0.265 e. The highest BCUT2D eigenvalue weighted by Crippen LogP contribution is 2.49. The van der Waals surface area contributed by atoms with Crippen LogP contribution in [0.25, 0.3) is 22.5 Å². The molecule has 1 amide bonds. The van der Waals surface area contributed by atoms with Crippen molar-refractivity contribution < 1.29 is 4.79 Å². The highest BCUT2D eigenvalue weighted by atomic mass is 35.5. The third-order valence-corrected chi connectivity index (χ3v) is 15.4. The Morgan fingerprint density at radius 2 is 1.40 bits per heavy atom. The number of nitrogens with one attached hydrogen (secondary N) is 1. The lowest BCUT2D eigenvalue weighted by Crippen LogP contribution is -2.50. The van der Waals surface area contributed by atoms with Crippen LogP contribution < -0.4 is 15.1 Å². The van der Waals surface area contributed by atoms with Gasteiger partial charge in [-0.05, 0) is 79.1 Å². The number of hydrogen-bond acceptors (Lipinski definition) is 9. The summed E-state index contributed by atoms with van der Waals surface area (Å²) in [5, 5.41) is 4.29. The zero-order valence-electron chi connectivity index (χ0n) is 37.5. The average molecular weight is 905 g/mol. The zero-order valence-corrected chi connectivity index (χ0v) is 38.3. The fraction of sp³-hybridized carbons (Fsp3) is 0.278. The number of nitrogens with zero attached hydrogens (tertiary/aromatic N) is 10. The predicted molar refractivity (Wildman–Crippen MR) is 266 cm³/mol. The molecule has 3 aromatic carbocycles. The molecule has 0 spiro atoms. The number of fused-ring (bicyclic) bond motifs is 10. The Hall–Kier alpha value is -7.18. The van der Waals surface area contributed by atoms with E-state index in [2.05, 4.69) is 146 Å². The minimum atomic E-state index is -0.0962. The Balaban J connectivity index is 0.730. The van der Waals surface area contributed by atoms with Gasteiger partial charge in [0.1, 0.15) is 16.5 Å². The standard InChI is InChI=1S/C54H50ClN11O/c1-61-30-40-46(31-64(51(40)58-38-9-4-3-5-10-38)29-34-16-18-35(19-17-34)41-11-6-7-26-56-41)66-45-25-23-39(49(45)60-53(61)66)37-22-24-42(57-27-37)36-20-14-33(15-21-36)28-63-32-47-48(50(63)55)52(67)62(2)54-59-43-12-8-13-44(43)65(47)54/h3-7,9-11,14-22,24,26-27,31-32,39,43-45,49,58H,8,12-13,23,25,28-30H2,1-2H3/t39?,43-,44+,45+,49-/m1/s1. The zero-order chi connectivity index (χ0) is 44.9. The van der Waals surface area contributed by atoms with E-state index < -0.39 is 0 Å². The van der Waals surface area contributed by atoms with Crippen molar-refractivity contribution in [1.29, 1.82) is 0 Å². The van der Waals surface area contributed by atoms with E-state index in [-0.39, 0.29) is 36.0 Å². The molecule has 0 bridgehead atoms. The summed E-state index contributed by atoms with van der Waals surface area (Å²) in [6.45, 7) is 2.05. The molecule has 5 atom stereocenters. The number of carbonyl (C=O) groups excluding carboxylic acids is 1. The molecule has 12 nitrogen and oxygen atoms in total. The van der Waals surface area contributed by atoms with Crippen LogP contribution in [-0.4, -0.2) is 85.0 Å². The van der Waals surface area contributed by atoms with Gasteiger partial charge < -0.3 is 29.2 Å². The Kier molecular flexibility index (Phi) is 9.42. The number of carbonyl (C=O) groups is 1. The number of aromatic nitrogens is 4. The van der Waals surface area contributed by atoms with Crippen LogP contribution in [0.2, 0.25) is 5.15 Å². The molecule has 4 aliphatic heterocycles. The van der Waals surface area contributed by atoms with Crippen LogP contribution >= 0.6 is 11.6 Å². The molecular formula is C54H50ClN11O. The Bertz CT molecular complexity index is 3110. The molecule has 0 radical (unpaired) electrons. The van der Waals surface area contributed by atoms with Gasteiger partial charge in [0.05, 0.1) is 53.5 Å². The van der Waals surface area contributed by atoms with Crippen LogP contribution in [0.3, 0.4) is 0 Å². The van der Waals surface area contributed by atoms with Gasteiger partial charge in [0.15, 0.2) is 0 Å². The summed E-state index contributed by atoms with van der Waals surface area (Å²) in [4.78, 5) is 42.3. The number of anilines is 4. The van der Waals surface area contributed by atoms with Crippen molar-refractivity contribution in [2.75, 3.05) is 29.2 Å². The van der Waals surface area contributed by atoms with Crippen LogP contribution in [0.1, 0.15) is 70.6 Å². The smallest absolute Gasteiger partial charge is 0.265 e. The van der Waals surface area contributed by atoms with Crippen LogP contribution in [0.5, 0.6) is 0 Å². The van der Waals surface area contributed by atoms with Gasteiger partial charge >= 0.3 is 0 Å². The van der Waals surface area contributed by atoms with Crippen LogP contribution in [0, 0.1) is 0 Å². The molecule has 4 aromatic heterocycles. The van der Waals surface area contributed by atoms with Gasteiger partial charge in [-0.2, -0.15) is 0 Å². The number of guanidine groups is 2. The van der Waals surface area contributed by atoms with E-state index in [0.29, 0.717) is 17.3 Å². The summed E-state index contributed by atoms with van der Waals surface area (Å²) in [6, 6.07) is 39.2. The first kappa shape index (κ1) is 40.1. The predicted octanol–water partition coefficient (Wildman–Crippen LogP) is 10.0. The van der Waals surface area contributed by atoms with Gasteiger partial charge in [-0.3, -0.25) is 19.7 Å². The maximum absolute atomic E-state index is 13.5. The van der Waals surface area contributed by atoms with Crippen molar-refractivity contribution in [2.45, 2.75) is 81.8 Å². The van der Waals surface area contributed by atoms with Gasteiger partial charge in [0.2, 0.25) is 11.9 Å². The van der Waals surface area contributed by atoms with E-state index in [0.717, 1.165) is 102 Å². The number of hydrogen-bond donors (Lipinski definition) is 1. The lowest BCUT2D eigenvalue weighted by molar-refractivity contribution is 0.0865. The third kappa shape index (κ3) is 6.58. The van der Waals surface area contributed by atoms with Crippen molar-refractivity contribution in [2.24, 2.45) is 9.98 Å². The average Bonchev–Trinajstić information content (AvgIpc) is 4.23. The fourth-order valence-electron chi connectivity index (χ4n) is 11.7. The van der Waals surface area contributed by atoms with Gasteiger partial charge in [-0.1, -0.05) is 90.5 Å². The number of amides is 1. The third-order valence-electron chi connectivity index (χ3n) is 15.0. The van der Waals surface area contributed by atoms with E-state index in [1.807, 2.05) is 36.1 Å². The van der Waals surface area contributed by atoms with Crippen molar-refractivity contribution in [1.82, 2.24) is 28.9 Å². The first-order valence-electron chi connectivity index (χ1n) is 23.6. The molecule has 334 valence electrons. The number of halogens is 1. The van der Waals surface area contributed by atoms with E-state index in [1.165, 1.54) is 22.4 Å². The SMILES string of the molecule is CN1Cc2c(cn(Cc3ccc(-c4ccccn4)cc3)c2Nc2ccccc2)N2C1=N[C@@H]1C(c3ccc(-c4ccc(Cn5cc6c(c5Cl)C(=O)N(C)C5=N[C@@H]7CCC[C@@H]7N56)cc4)nc3)CC[C@@H]12. The van der Waals surface area contributed by atoms with E-state index >= 15 is 0 Å². The summed E-state index contributed by atoms with van der Waals surface area (Å²) in [6.07, 6.45) is 13.7. The van der Waals surface area contributed by atoms with Crippen molar-refractivity contribution in [3.05, 3.63) is 167 Å². The van der Waals surface area contributed by atoms with Gasteiger partial charge in [-0.15, -0.1) is 0 Å². The lowest BCUT2D eigenvalue weighted by Gasteiger charge is -2.36. The Morgan fingerprint density at radius 1 is 0.687 bits per heavy atom. The Morgan fingerprint density at radius 3 is 2.13 bits per heavy atom. The molecule has 0 saturated heterocycles. The van der Waals surface area contributed by atoms with Crippen LogP contribution in [-0.2, 0) is 19.6 Å². The molecule has 2 aliphatic carbocycles. The van der Waals surface area contributed by atoms with Crippen LogP contribution in [0.4, 0.5) is 22.9 Å². The van der Waals surface area contributed by atoms with E-state index in [9.17, 15) is 4.79 Å². The van der Waals surface area contributed by atoms with Gasteiger partial charge in [-0.25, -0.2) is 9.98 Å². The molecule has 13 heteroatoms. The van der Waals surface area contributed by atoms with E-state index in [1.54, 1.807) is 4.90 Å². The molecule has 13 rings (SSSR count). The number of aliphatic imine (C=N–C) groups is 2. The molecule has 2 saturated carbocycles. The first-order valence-corrected chi connectivity index (χ1v) is 23.9. The normalized spacial score (nSPS) is 22.3. The highest BCUT2D eigenvalue weighted by molar-refractivity contribution is 6.36. The molecule has 6 aliphatic rings. The molecule has 8 heterocycles. The minimum Gasteiger partial charge on any atom is -0.341 e. The van der Waals surface area contributed by atoms with Crippen molar-refractivity contribution >= 4 is 52.3 Å². The minimum absolute atomic E-state index is 0.0962. The summed E-state index contributed by atoms with van der Waals surface area (Å²) in [5.41, 5.74) is 12.7. The largest absolute Gasteiger partial charge is 0.341 e. The number of para-hydroxylation sites is 1. The second-order valence-electron chi connectivity index (χ2n) is 19.0. The topological polar surface area (TPSA) is 102 Å². The summed E-state index contributed by atoms with van der Waals surface area (Å²) < 4.78 is 4.38. The first-order chi connectivity index (χ1) is 32.8. The fourth-order valence-corrected chi connectivity index (χ4v) is 12.0. The number of rotatable bonds is 9. The summed E-state index contributed by atoms with van der Waals surface area (Å²) in [5.74, 6) is 3.10. The van der Waals surface area contributed by atoms with Crippen LogP contribution in [0.15, 0.2) is 144 Å². The molecule has 1 N–H and O–H groups in total. The molecule has 67 heavy (non-hydrogen) atoms. The molecule has 1 unspecified atom stereocenters. The summed E-state index contributed by atoms with van der Waals surface area (Å²) >= 11 is 6.98. The quantitative estimate of drug-likeness (QED) is 0.154. The molecular weight excluding hydrogens is 854 g/mol.